The summed E-state index contributed by atoms with van der Waals surface area (Å²) in [5.41, 5.74) is 5.07. The molecule has 1 saturated carbocycles. The lowest BCUT2D eigenvalue weighted by Gasteiger charge is -2.27. The highest BCUT2D eigenvalue weighted by Crippen LogP contribution is 2.30. The Kier molecular flexibility index (Phi) is 4.84. The van der Waals surface area contributed by atoms with Gasteiger partial charge in [-0.25, -0.2) is 9.97 Å². The molecule has 5 aromatic rings. The summed E-state index contributed by atoms with van der Waals surface area (Å²) in [7, 11) is 0. The van der Waals surface area contributed by atoms with E-state index < -0.39 is 0 Å². The predicted octanol–water partition coefficient (Wildman–Crippen LogP) is 3.83. The zero-order chi connectivity index (χ0) is 21.5. The molecule has 1 aromatic carbocycles. The number of thiazole rings is 1. The summed E-state index contributed by atoms with van der Waals surface area (Å²) >= 11 is 1.65. The largest absolute Gasteiger partial charge is 0.391 e. The molecule has 4 heterocycles. The molecule has 1 aliphatic rings. The summed E-state index contributed by atoms with van der Waals surface area (Å²) in [5.74, 6) is 0. The summed E-state index contributed by atoms with van der Waals surface area (Å²) in [6, 6.07) is 10.5. The first-order valence-electron chi connectivity index (χ1n) is 10.9. The maximum Gasteiger partial charge on any atom is 0.184 e. The molecule has 0 aliphatic heterocycles. The number of anilines is 1. The van der Waals surface area contributed by atoms with Crippen molar-refractivity contribution < 1.29 is 5.11 Å². The minimum atomic E-state index is -0.286. The van der Waals surface area contributed by atoms with Crippen LogP contribution in [0.2, 0.25) is 0 Å². The minimum Gasteiger partial charge on any atom is -0.391 e. The number of hydrogen-bond donors (Lipinski definition) is 2. The molecule has 2 N–H and O–H groups in total. The van der Waals surface area contributed by atoms with Gasteiger partial charge in [-0.1, -0.05) is 30.2 Å². The van der Waals surface area contributed by atoms with Crippen LogP contribution < -0.4 is 5.32 Å². The summed E-state index contributed by atoms with van der Waals surface area (Å²) in [4.78, 5) is 10.9. The number of nitrogens with one attached hydrogen (secondary N) is 1. The summed E-state index contributed by atoms with van der Waals surface area (Å²) < 4.78 is 3.25. The van der Waals surface area contributed by atoms with E-state index in [1.807, 2.05) is 24.5 Å². The molecular weight excluding hydrogens is 422 g/mol. The highest BCUT2D eigenvalue weighted by Gasteiger charge is 2.23. The van der Waals surface area contributed by atoms with Crippen LogP contribution in [0.5, 0.6) is 0 Å². The fourth-order valence-electron chi connectivity index (χ4n) is 4.41. The van der Waals surface area contributed by atoms with Crippen molar-refractivity contribution in [3.05, 3.63) is 66.4 Å². The van der Waals surface area contributed by atoms with Gasteiger partial charge in [-0.2, -0.15) is 15.0 Å². The van der Waals surface area contributed by atoms with Gasteiger partial charge in [-0.15, -0.1) is 0 Å². The van der Waals surface area contributed by atoms with Gasteiger partial charge in [0.25, 0.3) is 0 Å². The van der Waals surface area contributed by atoms with Gasteiger partial charge in [0.2, 0.25) is 0 Å². The van der Waals surface area contributed by atoms with Crippen molar-refractivity contribution in [1.29, 1.82) is 0 Å². The van der Waals surface area contributed by atoms with Gasteiger partial charge in [-0.05, 0) is 36.6 Å². The van der Waals surface area contributed by atoms with Crippen LogP contribution in [0.4, 0.5) is 5.13 Å². The van der Waals surface area contributed by atoms with Crippen LogP contribution >= 0.6 is 11.3 Å². The number of pyridine rings is 1. The molecule has 0 radical (unpaired) electrons. The molecule has 162 valence electrons. The normalized spacial score (nSPS) is 19.0. The van der Waals surface area contributed by atoms with E-state index in [2.05, 4.69) is 43.1 Å². The van der Waals surface area contributed by atoms with E-state index in [4.69, 9.17) is 4.98 Å². The summed E-state index contributed by atoms with van der Waals surface area (Å²) in [6.07, 6.45) is 11.9. The third kappa shape index (κ3) is 3.63. The monoisotopic (exact) mass is 445 g/mol. The Balaban J connectivity index is 1.23. The van der Waals surface area contributed by atoms with E-state index in [0.717, 1.165) is 64.5 Å². The zero-order valence-electron chi connectivity index (χ0n) is 17.4. The first-order chi connectivity index (χ1) is 15.7. The molecule has 2 unspecified atom stereocenters. The molecule has 1 fully saturated rings. The van der Waals surface area contributed by atoms with Crippen molar-refractivity contribution >= 4 is 32.3 Å². The van der Waals surface area contributed by atoms with Crippen molar-refractivity contribution in [2.24, 2.45) is 0 Å². The molecule has 0 amide bonds. The second-order valence-corrected chi connectivity index (χ2v) is 9.31. The Morgan fingerprint density at radius 1 is 1.09 bits per heavy atom. The number of hydrogen-bond acceptors (Lipinski definition) is 7. The van der Waals surface area contributed by atoms with Crippen LogP contribution in [0.15, 0.2) is 55.1 Å². The van der Waals surface area contributed by atoms with E-state index in [0.29, 0.717) is 0 Å². The fourth-order valence-corrected chi connectivity index (χ4v) is 5.41. The van der Waals surface area contributed by atoms with Crippen LogP contribution in [0.3, 0.4) is 0 Å². The Morgan fingerprint density at radius 3 is 2.84 bits per heavy atom. The van der Waals surface area contributed by atoms with E-state index in [1.165, 1.54) is 5.56 Å². The summed E-state index contributed by atoms with van der Waals surface area (Å²) in [6.45, 7) is 0. The molecule has 2 atom stereocenters. The molecule has 32 heavy (non-hydrogen) atoms. The van der Waals surface area contributed by atoms with Crippen LogP contribution in [0, 0.1) is 0 Å². The van der Waals surface area contributed by atoms with E-state index >= 15 is 0 Å². The van der Waals surface area contributed by atoms with Gasteiger partial charge >= 0.3 is 0 Å². The molecule has 4 aromatic heterocycles. The third-order valence-corrected chi connectivity index (χ3v) is 7.05. The van der Waals surface area contributed by atoms with E-state index in [-0.39, 0.29) is 12.1 Å². The maximum atomic E-state index is 10.2. The van der Waals surface area contributed by atoms with Crippen LogP contribution in [0.1, 0.15) is 36.9 Å². The van der Waals surface area contributed by atoms with Crippen LogP contribution in [-0.4, -0.2) is 46.6 Å². The SMILES string of the molecule is OC1CCCCC1Nc1nc2ccc(Cc3cnc4cc(-n5nccn5)ccn34)cc2s1. The predicted molar refractivity (Wildman–Crippen MR) is 124 cm³/mol. The van der Waals surface area contributed by atoms with Crippen LogP contribution in [0.25, 0.3) is 21.6 Å². The Morgan fingerprint density at radius 2 is 1.97 bits per heavy atom. The highest BCUT2D eigenvalue weighted by molar-refractivity contribution is 7.22. The van der Waals surface area contributed by atoms with Gasteiger partial charge in [0.1, 0.15) is 5.65 Å². The Bertz CT molecular complexity index is 1370. The number of imidazole rings is 1. The maximum absolute atomic E-state index is 10.2. The van der Waals surface area contributed by atoms with Gasteiger partial charge in [0.15, 0.2) is 5.13 Å². The fraction of sp³-hybridized carbons (Fsp3) is 0.304. The van der Waals surface area contributed by atoms with Gasteiger partial charge < -0.3 is 14.8 Å². The Hall–Kier alpha value is -3.30. The minimum absolute atomic E-state index is 0.101. The average molecular weight is 446 g/mol. The Labute approximate surface area is 188 Å². The smallest absolute Gasteiger partial charge is 0.184 e. The number of aromatic nitrogens is 6. The lowest BCUT2D eigenvalue weighted by Crippen LogP contribution is -2.36. The first kappa shape index (κ1) is 19.4. The van der Waals surface area contributed by atoms with Gasteiger partial charge in [-0.3, -0.25) is 0 Å². The molecule has 9 heteroatoms. The molecule has 6 rings (SSSR count). The standard InChI is InChI=1S/C23H23N7OS/c31-20-4-2-1-3-18(20)27-23-28-19-6-5-15(12-21(19)32-23)11-17-14-24-22-13-16(7-10-29(17)22)30-25-8-9-26-30/h5-10,12-14,18,20,31H,1-4,11H2,(H,27,28). The molecule has 8 nitrogen and oxygen atoms in total. The second-order valence-electron chi connectivity index (χ2n) is 8.28. The second kappa shape index (κ2) is 7.99. The molecule has 0 bridgehead atoms. The summed E-state index contributed by atoms with van der Waals surface area (Å²) in [5, 5.41) is 23.0. The number of benzene rings is 1. The lowest BCUT2D eigenvalue weighted by molar-refractivity contribution is 0.116. The van der Waals surface area contributed by atoms with Crippen LogP contribution in [-0.2, 0) is 6.42 Å². The lowest BCUT2D eigenvalue weighted by atomic mass is 9.93. The zero-order valence-corrected chi connectivity index (χ0v) is 18.2. The molecule has 0 spiro atoms. The topological polar surface area (TPSA) is 93.2 Å². The molecule has 0 saturated heterocycles. The van der Waals surface area contributed by atoms with Crippen molar-refractivity contribution in [2.45, 2.75) is 44.2 Å². The number of rotatable bonds is 5. The molecular formula is C23H23N7OS. The number of aliphatic hydroxyl groups excluding tert-OH is 1. The van der Waals surface area contributed by atoms with E-state index in [1.54, 1.807) is 28.5 Å². The van der Waals surface area contributed by atoms with Gasteiger partial charge in [0, 0.05) is 30.6 Å². The van der Waals surface area contributed by atoms with Crippen molar-refractivity contribution in [3.8, 4) is 5.69 Å². The number of aliphatic hydroxyl groups is 1. The highest BCUT2D eigenvalue weighted by atomic mass is 32.1. The number of fused-ring (bicyclic) bond motifs is 2. The van der Waals surface area contributed by atoms with Crippen molar-refractivity contribution in [3.63, 3.8) is 0 Å². The average Bonchev–Trinajstić information content (AvgIpc) is 3.55. The van der Waals surface area contributed by atoms with E-state index in [9.17, 15) is 5.11 Å². The van der Waals surface area contributed by atoms with Crippen molar-refractivity contribution in [1.82, 2.24) is 29.4 Å². The van der Waals surface area contributed by atoms with Gasteiger partial charge in [0.05, 0.1) is 40.4 Å². The van der Waals surface area contributed by atoms with Crippen molar-refractivity contribution in [2.75, 3.05) is 5.32 Å². The molecule has 1 aliphatic carbocycles. The third-order valence-electron chi connectivity index (χ3n) is 6.10. The quantitative estimate of drug-likeness (QED) is 0.427. The first-order valence-corrected chi connectivity index (χ1v) is 11.7. The number of nitrogens with zero attached hydrogens (tertiary/aromatic N) is 6.